The first-order valence-electron chi connectivity index (χ1n) is 11.0. The molecule has 0 aromatic heterocycles. The highest BCUT2D eigenvalue weighted by molar-refractivity contribution is 5.29. The molecule has 2 atom stereocenters. The Bertz CT molecular complexity index is 686. The summed E-state index contributed by atoms with van der Waals surface area (Å²) in [5, 5.41) is 0. The zero-order chi connectivity index (χ0) is 19.8. The highest BCUT2D eigenvalue weighted by atomic mass is 16.7. The van der Waals surface area contributed by atoms with Gasteiger partial charge in [-0.3, -0.25) is 0 Å². The fourth-order valence-corrected chi connectivity index (χ4v) is 4.14. The van der Waals surface area contributed by atoms with Crippen molar-refractivity contribution in [1.29, 1.82) is 0 Å². The molecule has 0 heterocycles. The van der Waals surface area contributed by atoms with Crippen molar-refractivity contribution in [2.24, 2.45) is 5.41 Å². The van der Waals surface area contributed by atoms with E-state index in [0.717, 1.165) is 18.6 Å². The molecule has 1 fully saturated rings. The summed E-state index contributed by atoms with van der Waals surface area (Å²) in [7, 11) is 0. The summed E-state index contributed by atoms with van der Waals surface area (Å²) in [6.45, 7) is 7.53. The Morgan fingerprint density at radius 3 is 2.25 bits per heavy atom. The van der Waals surface area contributed by atoms with Gasteiger partial charge in [-0.25, -0.2) is 0 Å². The lowest BCUT2D eigenvalue weighted by molar-refractivity contribution is -0.162. The molecule has 3 rings (SSSR count). The summed E-state index contributed by atoms with van der Waals surface area (Å²) < 4.78 is 12.8. The molecule has 0 aliphatic heterocycles. The van der Waals surface area contributed by atoms with E-state index in [2.05, 4.69) is 75.4 Å². The lowest BCUT2D eigenvalue weighted by Crippen LogP contribution is -2.41. The summed E-state index contributed by atoms with van der Waals surface area (Å²) in [6, 6.07) is 19.2. The third-order valence-electron chi connectivity index (χ3n) is 6.37. The molecule has 2 heteroatoms. The molecule has 152 valence electrons. The van der Waals surface area contributed by atoms with Crippen LogP contribution < -0.4 is 4.74 Å². The molecule has 2 aromatic rings. The van der Waals surface area contributed by atoms with E-state index in [-0.39, 0.29) is 11.7 Å². The predicted molar refractivity (Wildman–Crippen MR) is 117 cm³/mol. The van der Waals surface area contributed by atoms with Crippen LogP contribution in [0, 0.1) is 5.41 Å². The lowest BCUT2D eigenvalue weighted by Gasteiger charge is -2.40. The second-order valence-electron chi connectivity index (χ2n) is 8.65. The van der Waals surface area contributed by atoms with Crippen LogP contribution in [0.2, 0.25) is 0 Å². The number of rotatable bonds is 9. The van der Waals surface area contributed by atoms with Gasteiger partial charge >= 0.3 is 0 Å². The molecule has 1 aliphatic rings. The van der Waals surface area contributed by atoms with E-state index in [4.69, 9.17) is 9.47 Å². The molecule has 0 saturated heterocycles. The first-order chi connectivity index (χ1) is 13.6. The van der Waals surface area contributed by atoms with Crippen LogP contribution in [0.15, 0.2) is 54.6 Å². The van der Waals surface area contributed by atoms with Crippen molar-refractivity contribution in [3.63, 3.8) is 0 Å². The maximum absolute atomic E-state index is 6.44. The van der Waals surface area contributed by atoms with Crippen molar-refractivity contribution in [1.82, 2.24) is 0 Å². The van der Waals surface area contributed by atoms with Crippen molar-refractivity contribution in [2.45, 2.75) is 77.9 Å². The van der Waals surface area contributed by atoms with Crippen molar-refractivity contribution < 1.29 is 9.47 Å². The monoisotopic (exact) mass is 380 g/mol. The topological polar surface area (TPSA) is 18.5 Å². The Kier molecular flexibility index (Phi) is 7.56. The molecule has 28 heavy (non-hydrogen) atoms. The van der Waals surface area contributed by atoms with Crippen LogP contribution in [0.1, 0.15) is 76.3 Å². The number of hydrogen-bond acceptors (Lipinski definition) is 2. The largest absolute Gasteiger partial charge is 0.464 e. The van der Waals surface area contributed by atoms with Crippen LogP contribution in [-0.2, 0) is 11.2 Å². The van der Waals surface area contributed by atoms with Gasteiger partial charge in [-0.2, -0.15) is 0 Å². The van der Waals surface area contributed by atoms with E-state index in [0.29, 0.717) is 12.5 Å². The molecular formula is C26H36O2. The SMILES string of the molecule is CCC(C)c1ccc(OC(OCCc2ccccc2)C2(C)CCCCC2)cc1. The van der Waals surface area contributed by atoms with Crippen LogP contribution in [0.5, 0.6) is 5.75 Å². The van der Waals surface area contributed by atoms with Crippen molar-refractivity contribution in [3.8, 4) is 5.75 Å². The standard InChI is InChI=1S/C26H36O2/c1-4-21(2)23-13-15-24(16-14-23)28-25(26(3)18-9-6-10-19-26)27-20-17-22-11-7-5-8-12-22/h5,7-8,11-16,21,25H,4,6,9-10,17-20H2,1-3H3. The van der Waals surface area contributed by atoms with Gasteiger partial charge in [0.25, 0.3) is 0 Å². The summed E-state index contributed by atoms with van der Waals surface area (Å²) >= 11 is 0. The van der Waals surface area contributed by atoms with Gasteiger partial charge in [-0.05, 0) is 54.9 Å². The fourth-order valence-electron chi connectivity index (χ4n) is 4.14. The molecule has 2 nitrogen and oxygen atoms in total. The van der Waals surface area contributed by atoms with Crippen molar-refractivity contribution in [2.75, 3.05) is 6.61 Å². The van der Waals surface area contributed by atoms with E-state index in [1.165, 1.54) is 43.2 Å². The molecule has 0 spiro atoms. The molecule has 1 saturated carbocycles. The number of hydrogen-bond donors (Lipinski definition) is 0. The molecule has 0 N–H and O–H groups in total. The Labute approximate surface area is 171 Å². The van der Waals surface area contributed by atoms with Gasteiger partial charge < -0.3 is 9.47 Å². The summed E-state index contributed by atoms with van der Waals surface area (Å²) in [5.74, 6) is 1.51. The molecule has 0 amide bonds. The maximum atomic E-state index is 6.44. The average molecular weight is 381 g/mol. The van der Waals surface area contributed by atoms with E-state index in [9.17, 15) is 0 Å². The predicted octanol–water partition coefficient (Wildman–Crippen LogP) is 7.13. The van der Waals surface area contributed by atoms with Gasteiger partial charge in [0, 0.05) is 5.41 Å². The zero-order valence-corrected chi connectivity index (χ0v) is 17.8. The molecular weight excluding hydrogens is 344 g/mol. The van der Waals surface area contributed by atoms with Gasteiger partial charge in [-0.15, -0.1) is 0 Å². The third-order valence-corrected chi connectivity index (χ3v) is 6.37. The molecule has 1 aliphatic carbocycles. The van der Waals surface area contributed by atoms with Gasteiger partial charge in [0.2, 0.25) is 6.29 Å². The van der Waals surface area contributed by atoms with E-state index < -0.39 is 0 Å². The van der Waals surface area contributed by atoms with Crippen molar-refractivity contribution >= 4 is 0 Å². The van der Waals surface area contributed by atoms with Gasteiger partial charge in [0.1, 0.15) is 5.75 Å². The van der Waals surface area contributed by atoms with Crippen LogP contribution in [0.3, 0.4) is 0 Å². The lowest BCUT2D eigenvalue weighted by atomic mass is 9.75. The van der Waals surface area contributed by atoms with Crippen LogP contribution in [-0.4, -0.2) is 12.9 Å². The Morgan fingerprint density at radius 2 is 1.61 bits per heavy atom. The molecule has 0 bridgehead atoms. The minimum atomic E-state index is -0.189. The second kappa shape index (κ2) is 10.1. The summed E-state index contributed by atoms with van der Waals surface area (Å²) in [6.07, 6.45) is 8.10. The van der Waals surface area contributed by atoms with Crippen LogP contribution >= 0.6 is 0 Å². The number of ether oxygens (including phenoxy) is 2. The second-order valence-corrected chi connectivity index (χ2v) is 8.65. The fraction of sp³-hybridized carbons (Fsp3) is 0.538. The van der Waals surface area contributed by atoms with Crippen LogP contribution in [0.25, 0.3) is 0 Å². The smallest absolute Gasteiger partial charge is 0.205 e. The van der Waals surface area contributed by atoms with Gasteiger partial charge in [-0.1, -0.05) is 82.5 Å². The highest BCUT2D eigenvalue weighted by Gasteiger charge is 2.38. The Hall–Kier alpha value is -1.80. The highest BCUT2D eigenvalue weighted by Crippen LogP contribution is 2.41. The summed E-state index contributed by atoms with van der Waals surface area (Å²) in [4.78, 5) is 0. The number of benzene rings is 2. The van der Waals surface area contributed by atoms with Gasteiger partial charge in [0.15, 0.2) is 0 Å². The quantitative estimate of drug-likeness (QED) is 0.431. The van der Waals surface area contributed by atoms with E-state index in [1.807, 2.05) is 0 Å². The summed E-state index contributed by atoms with van der Waals surface area (Å²) in [5.41, 5.74) is 2.78. The maximum Gasteiger partial charge on any atom is 0.205 e. The minimum absolute atomic E-state index is 0.0876. The van der Waals surface area contributed by atoms with Crippen molar-refractivity contribution in [3.05, 3.63) is 65.7 Å². The Balaban J connectivity index is 1.67. The molecule has 0 radical (unpaired) electrons. The minimum Gasteiger partial charge on any atom is -0.464 e. The zero-order valence-electron chi connectivity index (χ0n) is 17.8. The normalized spacial score (nSPS) is 18.4. The van der Waals surface area contributed by atoms with E-state index in [1.54, 1.807) is 0 Å². The van der Waals surface area contributed by atoms with Gasteiger partial charge in [0.05, 0.1) is 6.61 Å². The molecule has 2 unspecified atom stereocenters. The Morgan fingerprint density at radius 1 is 0.929 bits per heavy atom. The van der Waals surface area contributed by atoms with E-state index >= 15 is 0 Å². The first kappa shape index (κ1) is 20.9. The third kappa shape index (κ3) is 5.61. The average Bonchev–Trinajstić information content (AvgIpc) is 2.74. The molecule has 2 aromatic carbocycles. The van der Waals surface area contributed by atoms with Crippen LogP contribution in [0.4, 0.5) is 0 Å². The first-order valence-corrected chi connectivity index (χ1v) is 11.0.